The van der Waals surface area contributed by atoms with Crippen molar-refractivity contribution in [2.45, 2.75) is 0 Å². The van der Waals surface area contributed by atoms with Crippen LogP contribution in [0.1, 0.15) is 10.4 Å². The average molecular weight is 192 g/mol. The lowest BCUT2D eigenvalue weighted by Gasteiger charge is -1.97. The number of halogens is 1. The highest BCUT2D eigenvalue weighted by molar-refractivity contribution is 5.91. The number of aromatic nitrogens is 2. The first kappa shape index (κ1) is 8.55. The monoisotopic (exact) mass is 192 g/mol. The third-order valence-corrected chi connectivity index (χ3v) is 1.75. The number of carbonyl (C=O) groups is 1. The fourth-order valence-electron chi connectivity index (χ4n) is 1.09. The zero-order valence-electron chi connectivity index (χ0n) is 6.94. The molecule has 0 aromatic carbocycles. The number of hydrogen-bond acceptors (Lipinski definition) is 3. The Hall–Kier alpha value is -2.04. The van der Waals surface area contributed by atoms with Crippen LogP contribution in [-0.4, -0.2) is 21.0 Å². The van der Waals surface area contributed by atoms with Crippen LogP contribution in [0, 0.1) is 5.82 Å². The molecule has 0 bridgehead atoms. The molecule has 1 N–H and O–H groups in total. The average Bonchev–Trinajstić information content (AvgIpc) is 2.16. The van der Waals surface area contributed by atoms with E-state index in [1.807, 2.05) is 0 Å². The van der Waals surface area contributed by atoms with Gasteiger partial charge < -0.3 is 5.11 Å². The number of nitrogens with zero attached hydrogens (tertiary/aromatic N) is 2. The second kappa shape index (κ2) is 3.02. The van der Waals surface area contributed by atoms with E-state index in [2.05, 4.69) is 9.97 Å². The molecule has 0 radical (unpaired) electrons. The Kier molecular flexibility index (Phi) is 1.85. The van der Waals surface area contributed by atoms with Gasteiger partial charge in [-0.25, -0.2) is 9.18 Å². The summed E-state index contributed by atoms with van der Waals surface area (Å²) in [7, 11) is 0. The number of carboxylic acid groups (broad SMARTS) is 1. The van der Waals surface area contributed by atoms with E-state index in [9.17, 15) is 9.18 Å². The van der Waals surface area contributed by atoms with E-state index >= 15 is 0 Å². The number of aromatic carboxylic acids is 1. The standard InChI is InChI=1S/C9H5FN2O2/c10-6-2-8-7(12-4-6)1-5(3-11-8)9(13)14/h1-4H,(H,13,14). The van der Waals surface area contributed by atoms with Crippen molar-refractivity contribution in [3.63, 3.8) is 0 Å². The minimum Gasteiger partial charge on any atom is -0.478 e. The van der Waals surface area contributed by atoms with Crippen molar-refractivity contribution in [3.8, 4) is 0 Å². The summed E-state index contributed by atoms with van der Waals surface area (Å²) in [4.78, 5) is 18.1. The van der Waals surface area contributed by atoms with Gasteiger partial charge in [0.25, 0.3) is 0 Å². The third kappa shape index (κ3) is 1.39. The van der Waals surface area contributed by atoms with Gasteiger partial charge in [0, 0.05) is 12.3 Å². The molecule has 0 amide bonds. The van der Waals surface area contributed by atoms with Gasteiger partial charge >= 0.3 is 5.97 Å². The van der Waals surface area contributed by atoms with E-state index in [1.54, 1.807) is 0 Å². The SMILES string of the molecule is O=C(O)c1cnc2cc(F)cnc2c1. The van der Waals surface area contributed by atoms with Crippen molar-refractivity contribution in [1.29, 1.82) is 0 Å². The summed E-state index contributed by atoms with van der Waals surface area (Å²) in [5, 5.41) is 8.66. The van der Waals surface area contributed by atoms with Crippen molar-refractivity contribution in [2.75, 3.05) is 0 Å². The molecule has 4 nitrogen and oxygen atoms in total. The molecule has 0 aliphatic heterocycles. The normalized spacial score (nSPS) is 10.4. The van der Waals surface area contributed by atoms with Crippen LogP contribution in [0.3, 0.4) is 0 Å². The Morgan fingerprint density at radius 3 is 2.57 bits per heavy atom. The number of carboxylic acids is 1. The summed E-state index contributed by atoms with van der Waals surface area (Å²) in [5.74, 6) is -1.57. The fourth-order valence-corrected chi connectivity index (χ4v) is 1.09. The zero-order chi connectivity index (χ0) is 10.1. The van der Waals surface area contributed by atoms with E-state index in [0.717, 1.165) is 6.20 Å². The first-order valence-corrected chi connectivity index (χ1v) is 3.81. The molecule has 0 unspecified atom stereocenters. The largest absolute Gasteiger partial charge is 0.478 e. The third-order valence-electron chi connectivity index (χ3n) is 1.75. The van der Waals surface area contributed by atoms with Crippen LogP contribution in [0.5, 0.6) is 0 Å². The van der Waals surface area contributed by atoms with Gasteiger partial charge in [0.15, 0.2) is 0 Å². The second-order valence-electron chi connectivity index (χ2n) is 2.72. The summed E-state index contributed by atoms with van der Waals surface area (Å²) >= 11 is 0. The Labute approximate surface area is 78.0 Å². The van der Waals surface area contributed by atoms with Gasteiger partial charge in [-0.15, -0.1) is 0 Å². The van der Waals surface area contributed by atoms with Crippen LogP contribution in [0.15, 0.2) is 24.5 Å². The maximum Gasteiger partial charge on any atom is 0.337 e. The lowest BCUT2D eigenvalue weighted by atomic mass is 10.2. The molecule has 0 aliphatic rings. The molecule has 2 aromatic rings. The maximum absolute atomic E-state index is 12.7. The summed E-state index contributed by atoms with van der Waals surface area (Å²) in [5.41, 5.74) is 0.748. The minimum absolute atomic E-state index is 0.0385. The van der Waals surface area contributed by atoms with Crippen LogP contribution in [0.2, 0.25) is 0 Å². The van der Waals surface area contributed by atoms with Crippen molar-refractivity contribution in [2.24, 2.45) is 0 Å². The minimum atomic E-state index is -1.08. The summed E-state index contributed by atoms with van der Waals surface area (Å²) in [6.07, 6.45) is 2.20. The molecule has 0 atom stereocenters. The van der Waals surface area contributed by atoms with Crippen LogP contribution in [-0.2, 0) is 0 Å². The van der Waals surface area contributed by atoms with Crippen LogP contribution in [0.4, 0.5) is 4.39 Å². The van der Waals surface area contributed by atoms with E-state index in [1.165, 1.54) is 18.3 Å². The molecule has 2 aromatic heterocycles. The molecule has 70 valence electrons. The summed E-state index contributed by atoms with van der Waals surface area (Å²) < 4.78 is 12.7. The highest BCUT2D eigenvalue weighted by atomic mass is 19.1. The van der Waals surface area contributed by atoms with E-state index in [-0.39, 0.29) is 5.56 Å². The van der Waals surface area contributed by atoms with Gasteiger partial charge in [-0.3, -0.25) is 9.97 Å². The number of fused-ring (bicyclic) bond motifs is 1. The molecular formula is C9H5FN2O2. The molecule has 0 aliphatic carbocycles. The second-order valence-corrected chi connectivity index (χ2v) is 2.72. The van der Waals surface area contributed by atoms with Gasteiger partial charge in [0.1, 0.15) is 5.82 Å². The molecule has 14 heavy (non-hydrogen) atoms. The van der Waals surface area contributed by atoms with Crippen LogP contribution >= 0.6 is 0 Å². The quantitative estimate of drug-likeness (QED) is 0.743. The van der Waals surface area contributed by atoms with Gasteiger partial charge in [-0.1, -0.05) is 0 Å². The predicted molar refractivity (Wildman–Crippen MR) is 46.5 cm³/mol. The van der Waals surface area contributed by atoms with Crippen LogP contribution < -0.4 is 0 Å². The fraction of sp³-hybridized carbons (Fsp3) is 0. The van der Waals surface area contributed by atoms with E-state index in [0.29, 0.717) is 11.0 Å². The lowest BCUT2D eigenvalue weighted by molar-refractivity contribution is 0.0696. The first-order valence-electron chi connectivity index (χ1n) is 3.81. The van der Waals surface area contributed by atoms with Gasteiger partial charge in [0.2, 0.25) is 0 Å². The Balaban J connectivity index is 2.67. The lowest BCUT2D eigenvalue weighted by Crippen LogP contribution is -1.97. The highest BCUT2D eigenvalue weighted by Crippen LogP contribution is 2.11. The number of rotatable bonds is 1. The molecule has 5 heteroatoms. The molecule has 0 spiro atoms. The highest BCUT2D eigenvalue weighted by Gasteiger charge is 2.05. The predicted octanol–water partition coefficient (Wildman–Crippen LogP) is 1.47. The maximum atomic E-state index is 12.7. The molecular weight excluding hydrogens is 187 g/mol. The van der Waals surface area contributed by atoms with E-state index < -0.39 is 11.8 Å². The molecule has 0 saturated heterocycles. The van der Waals surface area contributed by atoms with E-state index in [4.69, 9.17) is 5.11 Å². The summed E-state index contributed by atoms with van der Waals surface area (Å²) in [6.45, 7) is 0. The molecule has 0 fully saturated rings. The molecule has 2 rings (SSSR count). The van der Waals surface area contributed by atoms with Crippen LogP contribution in [0.25, 0.3) is 11.0 Å². The topological polar surface area (TPSA) is 63.1 Å². The van der Waals surface area contributed by atoms with Crippen molar-refractivity contribution in [3.05, 3.63) is 35.9 Å². The Morgan fingerprint density at radius 1 is 1.21 bits per heavy atom. The zero-order valence-corrected chi connectivity index (χ0v) is 6.94. The number of hydrogen-bond donors (Lipinski definition) is 1. The smallest absolute Gasteiger partial charge is 0.337 e. The Bertz CT molecular complexity index is 513. The van der Waals surface area contributed by atoms with Gasteiger partial charge in [-0.05, 0) is 6.07 Å². The Morgan fingerprint density at radius 2 is 1.86 bits per heavy atom. The van der Waals surface area contributed by atoms with Gasteiger partial charge in [-0.2, -0.15) is 0 Å². The van der Waals surface area contributed by atoms with Crippen molar-refractivity contribution < 1.29 is 14.3 Å². The molecule has 0 saturated carbocycles. The summed E-state index contributed by atoms with van der Waals surface area (Å²) in [6, 6.07) is 2.55. The molecule has 2 heterocycles. The first-order chi connectivity index (χ1) is 6.66. The van der Waals surface area contributed by atoms with Gasteiger partial charge in [0.05, 0.1) is 22.8 Å². The van der Waals surface area contributed by atoms with Crippen molar-refractivity contribution in [1.82, 2.24) is 9.97 Å². The van der Waals surface area contributed by atoms with Crippen molar-refractivity contribution >= 4 is 17.0 Å². The number of pyridine rings is 2.